The van der Waals surface area contributed by atoms with Crippen LogP contribution in [0, 0.1) is 0 Å². The second-order valence-electron chi connectivity index (χ2n) is 12.3. The minimum atomic E-state index is -0.330. The molecule has 2 amide bonds. The number of carbonyl (C=O) groups is 2. The molecule has 3 aromatic rings. The summed E-state index contributed by atoms with van der Waals surface area (Å²) < 4.78 is 1.88. The number of hydrogen-bond donors (Lipinski definition) is 2. The van der Waals surface area contributed by atoms with Gasteiger partial charge in [-0.3, -0.25) is 14.3 Å². The molecule has 2 aliphatic heterocycles. The fourth-order valence-corrected chi connectivity index (χ4v) is 5.16. The van der Waals surface area contributed by atoms with Gasteiger partial charge in [0.25, 0.3) is 11.8 Å². The molecule has 5 rings (SSSR count). The number of aromatic nitrogens is 3. The molecular formula is C28H36N6O2. The van der Waals surface area contributed by atoms with Gasteiger partial charge < -0.3 is 15.5 Å². The first-order valence-electron chi connectivity index (χ1n) is 12.7. The molecule has 2 N–H and O–H groups in total. The fraction of sp³-hybridized carbons (Fsp3) is 0.500. The highest BCUT2D eigenvalue weighted by Gasteiger charge is 2.43. The topological polar surface area (TPSA) is 92.2 Å². The molecule has 8 heteroatoms. The van der Waals surface area contributed by atoms with E-state index in [1.165, 1.54) is 0 Å². The normalized spacial score (nSPS) is 17.7. The van der Waals surface area contributed by atoms with E-state index in [0.29, 0.717) is 24.3 Å². The summed E-state index contributed by atoms with van der Waals surface area (Å²) in [7, 11) is 0. The van der Waals surface area contributed by atoms with Crippen LogP contribution >= 0.6 is 0 Å². The summed E-state index contributed by atoms with van der Waals surface area (Å²) in [5, 5.41) is 13.2. The summed E-state index contributed by atoms with van der Waals surface area (Å²) in [6.07, 6.45) is 5.99. The van der Waals surface area contributed by atoms with Crippen LogP contribution < -0.4 is 10.6 Å². The summed E-state index contributed by atoms with van der Waals surface area (Å²) in [6.45, 7) is 13.7. The lowest BCUT2D eigenvalue weighted by Crippen LogP contribution is -2.59. The number of benzene rings is 1. The van der Waals surface area contributed by atoms with Crippen molar-refractivity contribution in [2.75, 3.05) is 18.4 Å². The van der Waals surface area contributed by atoms with Gasteiger partial charge in [-0.05, 0) is 84.4 Å². The number of pyridine rings is 1. The van der Waals surface area contributed by atoms with Crippen LogP contribution in [0.1, 0.15) is 80.8 Å². The van der Waals surface area contributed by atoms with Gasteiger partial charge in [-0.1, -0.05) is 6.07 Å². The van der Waals surface area contributed by atoms with E-state index in [4.69, 9.17) is 0 Å². The van der Waals surface area contributed by atoms with Crippen LogP contribution in [-0.4, -0.2) is 55.6 Å². The number of nitrogens with one attached hydrogen (secondary N) is 2. The lowest BCUT2D eigenvalue weighted by Gasteiger charge is -2.44. The van der Waals surface area contributed by atoms with Crippen molar-refractivity contribution in [3.63, 3.8) is 0 Å². The first-order valence-corrected chi connectivity index (χ1v) is 12.7. The molecule has 190 valence electrons. The molecule has 1 spiro atoms. The number of hydrogen-bond acceptors (Lipinski definition) is 5. The van der Waals surface area contributed by atoms with Crippen LogP contribution in [0.2, 0.25) is 0 Å². The number of likely N-dealkylation sites (tertiary alicyclic amines) is 1. The zero-order valence-corrected chi connectivity index (χ0v) is 22.1. The van der Waals surface area contributed by atoms with Gasteiger partial charge in [0.15, 0.2) is 5.69 Å². The molecule has 1 fully saturated rings. The van der Waals surface area contributed by atoms with Crippen molar-refractivity contribution in [2.24, 2.45) is 0 Å². The van der Waals surface area contributed by atoms with E-state index >= 15 is 0 Å². The lowest BCUT2D eigenvalue weighted by molar-refractivity contribution is 0.0605. The highest BCUT2D eigenvalue weighted by molar-refractivity contribution is 6.01. The Morgan fingerprint density at radius 3 is 2.47 bits per heavy atom. The van der Waals surface area contributed by atoms with E-state index in [0.717, 1.165) is 41.4 Å². The number of rotatable bonds is 2. The number of anilines is 1. The predicted octanol–water partition coefficient (Wildman–Crippen LogP) is 4.36. The molecule has 8 nitrogen and oxygen atoms in total. The van der Waals surface area contributed by atoms with E-state index in [9.17, 15) is 9.59 Å². The minimum Gasteiger partial charge on any atom is -0.365 e. The van der Waals surface area contributed by atoms with Gasteiger partial charge >= 0.3 is 0 Å². The van der Waals surface area contributed by atoms with Gasteiger partial charge in [0.05, 0.1) is 5.54 Å². The molecule has 0 bridgehead atoms. The maximum Gasteiger partial charge on any atom is 0.272 e. The standard InChI is InChI=1S/C28H36N6O2/c1-26(2,3)30-23-21-15-19(8-7-18(21)9-12-29-23)25(36)33-13-10-28(11-14-33)16-20-17-34(27(4,5)6)32-22(20)24(35)31-28/h7-9,12,15,17H,10-11,13-14,16H2,1-6H3,(H,29,30)(H,31,35). The maximum absolute atomic E-state index is 13.5. The summed E-state index contributed by atoms with van der Waals surface area (Å²) in [4.78, 5) is 32.8. The Labute approximate surface area is 212 Å². The molecule has 2 aliphatic rings. The number of piperidine rings is 1. The average molecular weight is 489 g/mol. The molecule has 0 atom stereocenters. The van der Waals surface area contributed by atoms with Crippen molar-refractivity contribution in [2.45, 2.75) is 77.4 Å². The molecular weight excluding hydrogens is 452 g/mol. The monoisotopic (exact) mass is 488 g/mol. The zero-order chi connectivity index (χ0) is 25.9. The Morgan fingerprint density at radius 2 is 1.81 bits per heavy atom. The third-order valence-corrected chi connectivity index (χ3v) is 7.11. The predicted molar refractivity (Wildman–Crippen MR) is 141 cm³/mol. The SMILES string of the molecule is CC(C)(C)Nc1nccc2ccc(C(=O)N3CCC4(CC3)Cc3cn(C(C)(C)C)nc3C(=O)N4)cc12. The van der Waals surface area contributed by atoms with E-state index in [1.807, 2.05) is 40.0 Å². The van der Waals surface area contributed by atoms with Crippen LogP contribution in [0.25, 0.3) is 10.8 Å². The second kappa shape index (κ2) is 8.32. The zero-order valence-electron chi connectivity index (χ0n) is 22.1. The fourth-order valence-electron chi connectivity index (χ4n) is 5.16. The largest absolute Gasteiger partial charge is 0.365 e. The van der Waals surface area contributed by atoms with Gasteiger partial charge in [-0.25, -0.2) is 4.98 Å². The molecule has 36 heavy (non-hydrogen) atoms. The smallest absolute Gasteiger partial charge is 0.272 e. The van der Waals surface area contributed by atoms with Crippen LogP contribution in [0.5, 0.6) is 0 Å². The van der Waals surface area contributed by atoms with Gasteiger partial charge in [-0.15, -0.1) is 0 Å². The Bertz CT molecular complexity index is 1340. The molecule has 0 unspecified atom stereocenters. The summed E-state index contributed by atoms with van der Waals surface area (Å²) in [5.74, 6) is 0.685. The van der Waals surface area contributed by atoms with Gasteiger partial charge in [0.1, 0.15) is 5.82 Å². The molecule has 2 aromatic heterocycles. The third kappa shape index (κ3) is 4.56. The van der Waals surface area contributed by atoms with Gasteiger partial charge in [-0.2, -0.15) is 5.10 Å². The third-order valence-electron chi connectivity index (χ3n) is 7.11. The molecule has 0 aliphatic carbocycles. The molecule has 1 aromatic carbocycles. The highest BCUT2D eigenvalue weighted by atomic mass is 16.2. The Hall–Kier alpha value is -3.42. The summed E-state index contributed by atoms with van der Waals surface area (Å²) >= 11 is 0. The summed E-state index contributed by atoms with van der Waals surface area (Å²) in [5.41, 5.74) is 1.52. The molecule has 0 radical (unpaired) electrons. The Morgan fingerprint density at radius 1 is 1.08 bits per heavy atom. The minimum absolute atomic E-state index is 0.0145. The van der Waals surface area contributed by atoms with Gasteiger partial charge in [0, 0.05) is 53.1 Å². The van der Waals surface area contributed by atoms with E-state index in [-0.39, 0.29) is 28.4 Å². The number of carbonyl (C=O) groups excluding carboxylic acids is 2. The van der Waals surface area contributed by atoms with E-state index in [1.54, 1.807) is 6.20 Å². The first kappa shape index (κ1) is 24.3. The van der Waals surface area contributed by atoms with E-state index < -0.39 is 0 Å². The Kier molecular flexibility index (Phi) is 5.61. The average Bonchev–Trinajstić information content (AvgIpc) is 3.23. The first-order chi connectivity index (χ1) is 16.8. The number of amides is 2. The number of fused-ring (bicyclic) bond motifs is 2. The second-order valence-corrected chi connectivity index (χ2v) is 12.3. The van der Waals surface area contributed by atoms with Gasteiger partial charge in [0.2, 0.25) is 0 Å². The molecule has 1 saturated heterocycles. The lowest BCUT2D eigenvalue weighted by atomic mass is 9.79. The van der Waals surface area contributed by atoms with Crippen molar-refractivity contribution in [1.82, 2.24) is 25.0 Å². The van der Waals surface area contributed by atoms with Crippen molar-refractivity contribution >= 4 is 28.4 Å². The van der Waals surface area contributed by atoms with Crippen molar-refractivity contribution in [1.29, 1.82) is 0 Å². The van der Waals surface area contributed by atoms with Crippen LogP contribution in [0.15, 0.2) is 36.7 Å². The maximum atomic E-state index is 13.5. The summed E-state index contributed by atoms with van der Waals surface area (Å²) in [6, 6.07) is 7.79. The number of nitrogens with zero attached hydrogens (tertiary/aromatic N) is 4. The molecule has 0 saturated carbocycles. The molecule has 4 heterocycles. The van der Waals surface area contributed by atoms with E-state index in [2.05, 4.69) is 62.3 Å². The van der Waals surface area contributed by atoms with Crippen molar-refractivity contribution in [3.8, 4) is 0 Å². The van der Waals surface area contributed by atoms with Crippen LogP contribution in [0.4, 0.5) is 5.82 Å². The van der Waals surface area contributed by atoms with Crippen LogP contribution in [-0.2, 0) is 12.0 Å². The van der Waals surface area contributed by atoms with Crippen molar-refractivity contribution in [3.05, 3.63) is 53.5 Å². The van der Waals surface area contributed by atoms with Crippen molar-refractivity contribution < 1.29 is 9.59 Å². The van der Waals surface area contributed by atoms with Crippen LogP contribution in [0.3, 0.4) is 0 Å². The highest BCUT2D eigenvalue weighted by Crippen LogP contribution is 2.33. The quantitative estimate of drug-likeness (QED) is 0.559. The Balaban J connectivity index is 1.33.